The van der Waals surface area contributed by atoms with E-state index >= 15 is 0 Å². The molecule has 0 aromatic rings. The van der Waals surface area contributed by atoms with Crippen LogP contribution in [0.3, 0.4) is 0 Å². The number of piperidine rings is 1. The van der Waals surface area contributed by atoms with Gasteiger partial charge in [-0.15, -0.1) is 0 Å². The van der Waals surface area contributed by atoms with Gasteiger partial charge in [-0.3, -0.25) is 4.18 Å². The highest BCUT2D eigenvalue weighted by atomic mass is 32.2. The topological polar surface area (TPSA) is 86.3 Å². The van der Waals surface area contributed by atoms with Crippen LogP contribution in [0.5, 0.6) is 0 Å². The molecule has 25 heavy (non-hydrogen) atoms. The van der Waals surface area contributed by atoms with Crippen LogP contribution >= 0.6 is 0 Å². The highest BCUT2D eigenvalue weighted by molar-refractivity contribution is 7.84. The zero-order chi connectivity index (χ0) is 18.3. The Labute approximate surface area is 150 Å². The third-order valence-corrected chi connectivity index (χ3v) is 6.82. The first kappa shape index (κ1) is 19.5. The number of nitrogens with one attached hydrogen (secondary N) is 1. The van der Waals surface area contributed by atoms with Crippen molar-refractivity contribution in [2.75, 3.05) is 26.7 Å². The predicted octanol–water partition coefficient (Wildman–Crippen LogP) is 0.978. The molecule has 0 aliphatic carbocycles. The SMILES string of the molecule is CNC1(C)CCN(S(=O)(=O)OC[C@@H]2CC[C@H]3OC(C)(C)O[C@H]3O2)CC1. The van der Waals surface area contributed by atoms with E-state index in [9.17, 15) is 8.42 Å². The molecular weight excluding hydrogens is 348 g/mol. The second kappa shape index (κ2) is 7.03. The van der Waals surface area contributed by atoms with Crippen LogP contribution in [0.25, 0.3) is 0 Å². The van der Waals surface area contributed by atoms with E-state index in [-0.39, 0.29) is 24.4 Å². The number of nitrogens with zero attached hydrogens (tertiary/aromatic N) is 1. The maximum Gasteiger partial charge on any atom is 0.338 e. The number of fused-ring (bicyclic) bond motifs is 1. The van der Waals surface area contributed by atoms with E-state index in [1.165, 1.54) is 4.31 Å². The van der Waals surface area contributed by atoms with Crippen molar-refractivity contribution in [1.82, 2.24) is 9.62 Å². The van der Waals surface area contributed by atoms with Gasteiger partial charge < -0.3 is 19.5 Å². The van der Waals surface area contributed by atoms with Gasteiger partial charge >= 0.3 is 10.3 Å². The lowest BCUT2D eigenvalue weighted by molar-refractivity contribution is -0.213. The molecule has 3 aliphatic rings. The second-order valence-corrected chi connectivity index (χ2v) is 9.44. The van der Waals surface area contributed by atoms with Crippen LogP contribution in [0.1, 0.15) is 46.5 Å². The molecule has 0 saturated carbocycles. The van der Waals surface area contributed by atoms with Crippen LogP contribution < -0.4 is 5.32 Å². The van der Waals surface area contributed by atoms with E-state index in [1.54, 1.807) is 0 Å². The Morgan fingerprint density at radius 2 is 1.84 bits per heavy atom. The largest absolute Gasteiger partial charge is 0.344 e. The van der Waals surface area contributed by atoms with E-state index in [1.807, 2.05) is 20.9 Å². The highest BCUT2D eigenvalue weighted by Gasteiger charge is 2.46. The molecule has 3 rings (SSSR count). The van der Waals surface area contributed by atoms with Gasteiger partial charge in [-0.05, 0) is 53.5 Å². The molecule has 3 aliphatic heterocycles. The molecule has 3 saturated heterocycles. The fraction of sp³-hybridized carbons (Fsp3) is 1.00. The lowest BCUT2D eigenvalue weighted by Gasteiger charge is -2.38. The molecule has 3 heterocycles. The molecule has 0 spiro atoms. The van der Waals surface area contributed by atoms with Crippen LogP contribution in [0.4, 0.5) is 0 Å². The van der Waals surface area contributed by atoms with Crippen LogP contribution in [-0.2, 0) is 28.7 Å². The van der Waals surface area contributed by atoms with Gasteiger partial charge in [0.25, 0.3) is 0 Å². The minimum atomic E-state index is -3.73. The predicted molar refractivity (Wildman–Crippen MR) is 91.1 cm³/mol. The Morgan fingerprint density at radius 1 is 1.16 bits per heavy atom. The molecule has 3 fully saturated rings. The molecule has 146 valence electrons. The quantitative estimate of drug-likeness (QED) is 0.763. The number of ether oxygens (including phenoxy) is 3. The van der Waals surface area contributed by atoms with E-state index in [2.05, 4.69) is 12.2 Å². The Kier molecular flexibility index (Phi) is 5.47. The minimum Gasteiger partial charge on any atom is -0.344 e. The van der Waals surface area contributed by atoms with Gasteiger partial charge in [0.2, 0.25) is 0 Å². The van der Waals surface area contributed by atoms with E-state index in [0.717, 1.165) is 19.3 Å². The van der Waals surface area contributed by atoms with Crippen LogP contribution in [0, 0.1) is 0 Å². The van der Waals surface area contributed by atoms with Crippen LogP contribution in [0.15, 0.2) is 0 Å². The molecule has 8 nitrogen and oxygen atoms in total. The number of hydrogen-bond donors (Lipinski definition) is 1. The molecule has 0 radical (unpaired) electrons. The summed E-state index contributed by atoms with van der Waals surface area (Å²) >= 11 is 0. The summed E-state index contributed by atoms with van der Waals surface area (Å²) in [6, 6.07) is 0. The summed E-state index contributed by atoms with van der Waals surface area (Å²) in [6.07, 6.45) is 2.13. The van der Waals surface area contributed by atoms with Gasteiger partial charge in [-0.25, -0.2) is 0 Å². The molecule has 0 amide bonds. The van der Waals surface area contributed by atoms with E-state index in [4.69, 9.17) is 18.4 Å². The van der Waals surface area contributed by atoms with Gasteiger partial charge in [0, 0.05) is 18.6 Å². The zero-order valence-corrected chi connectivity index (χ0v) is 16.3. The molecule has 0 unspecified atom stereocenters. The van der Waals surface area contributed by atoms with Crippen molar-refractivity contribution in [1.29, 1.82) is 0 Å². The molecule has 9 heteroatoms. The Morgan fingerprint density at radius 3 is 2.48 bits per heavy atom. The van der Waals surface area contributed by atoms with Crippen LogP contribution in [0.2, 0.25) is 0 Å². The standard InChI is InChI=1S/C16H30N2O6S/c1-15(2)23-13-6-5-12(22-14(13)24-15)11-21-25(19,20)18-9-7-16(3,17-4)8-10-18/h12-14,17H,5-11H2,1-4H3/t12-,13+,14+/m0/s1. The summed E-state index contributed by atoms with van der Waals surface area (Å²) in [5.41, 5.74) is -0.0138. The average Bonchev–Trinajstić information content (AvgIpc) is 2.86. The highest BCUT2D eigenvalue weighted by Crippen LogP contribution is 2.36. The lowest BCUT2D eigenvalue weighted by Crippen LogP contribution is -2.51. The second-order valence-electron chi connectivity index (χ2n) is 7.83. The molecule has 1 N–H and O–H groups in total. The van der Waals surface area contributed by atoms with Gasteiger partial charge in [-0.2, -0.15) is 12.7 Å². The summed E-state index contributed by atoms with van der Waals surface area (Å²) in [6.45, 7) is 6.73. The summed E-state index contributed by atoms with van der Waals surface area (Å²) in [5, 5.41) is 3.26. The minimum absolute atomic E-state index is 0.00907. The molecular formula is C16H30N2O6S. The third kappa shape index (κ3) is 4.52. The van der Waals surface area contributed by atoms with Crippen molar-refractivity contribution in [3.8, 4) is 0 Å². The summed E-state index contributed by atoms with van der Waals surface area (Å²) in [4.78, 5) is 0. The fourth-order valence-electron chi connectivity index (χ4n) is 3.53. The summed E-state index contributed by atoms with van der Waals surface area (Å²) in [5.74, 6) is -0.662. The summed E-state index contributed by atoms with van der Waals surface area (Å²) < 4.78 is 48.8. The van der Waals surface area contributed by atoms with Crippen molar-refractivity contribution in [3.05, 3.63) is 0 Å². The Balaban J connectivity index is 1.48. The Bertz CT molecular complexity index is 573. The average molecular weight is 378 g/mol. The normalized spacial score (nSPS) is 35.4. The van der Waals surface area contributed by atoms with E-state index in [0.29, 0.717) is 19.5 Å². The molecule has 0 bridgehead atoms. The van der Waals surface area contributed by atoms with Crippen molar-refractivity contribution >= 4 is 10.3 Å². The molecule has 3 atom stereocenters. The van der Waals surface area contributed by atoms with Gasteiger partial charge in [0.05, 0.1) is 12.7 Å². The fourth-order valence-corrected chi connectivity index (χ4v) is 4.64. The number of hydrogen-bond acceptors (Lipinski definition) is 7. The zero-order valence-electron chi connectivity index (χ0n) is 15.5. The lowest BCUT2D eigenvalue weighted by atomic mass is 9.91. The van der Waals surface area contributed by atoms with Gasteiger partial charge in [0.15, 0.2) is 12.1 Å². The first-order valence-electron chi connectivity index (χ1n) is 8.97. The van der Waals surface area contributed by atoms with Crippen molar-refractivity contribution < 1.29 is 26.8 Å². The van der Waals surface area contributed by atoms with E-state index < -0.39 is 22.4 Å². The van der Waals surface area contributed by atoms with Gasteiger partial charge in [0.1, 0.15) is 6.10 Å². The summed E-state index contributed by atoms with van der Waals surface area (Å²) in [7, 11) is -1.83. The Hall–Kier alpha value is -0.290. The smallest absolute Gasteiger partial charge is 0.338 e. The maximum atomic E-state index is 12.4. The van der Waals surface area contributed by atoms with Crippen molar-refractivity contribution in [2.24, 2.45) is 0 Å². The van der Waals surface area contributed by atoms with Crippen molar-refractivity contribution in [3.63, 3.8) is 0 Å². The van der Waals surface area contributed by atoms with Gasteiger partial charge in [-0.1, -0.05) is 0 Å². The number of rotatable bonds is 5. The monoisotopic (exact) mass is 378 g/mol. The maximum absolute atomic E-state index is 12.4. The first-order valence-corrected chi connectivity index (χ1v) is 10.3. The third-order valence-electron chi connectivity index (χ3n) is 5.39. The van der Waals surface area contributed by atoms with Crippen molar-refractivity contribution in [2.45, 2.75) is 76.3 Å². The first-order chi connectivity index (χ1) is 11.6. The molecule has 0 aromatic carbocycles. The van der Waals surface area contributed by atoms with Crippen LogP contribution in [-0.4, -0.2) is 69.3 Å². The molecule has 0 aromatic heterocycles.